The van der Waals surface area contributed by atoms with E-state index in [2.05, 4.69) is 47.0 Å². The smallest absolute Gasteiger partial charge is 0.119 e. The van der Waals surface area contributed by atoms with Crippen molar-refractivity contribution in [2.75, 3.05) is 7.11 Å². The van der Waals surface area contributed by atoms with Crippen molar-refractivity contribution in [2.24, 2.45) is 0 Å². The van der Waals surface area contributed by atoms with Crippen LogP contribution in [0.15, 0.2) is 48.5 Å². The largest absolute Gasteiger partial charge is 0.497 e. The first-order valence-corrected chi connectivity index (χ1v) is 8.44. The minimum atomic E-state index is -0.0135. The second-order valence-corrected chi connectivity index (χ2v) is 6.39. The van der Waals surface area contributed by atoms with Crippen LogP contribution in [0.2, 0.25) is 0 Å². The third kappa shape index (κ3) is 2.35. The number of nitrogens with zero attached hydrogens (tertiary/aromatic N) is 2. The molecular weight excluding hydrogens is 296 g/mol. The fraction of sp³-hybridized carbons (Fsp3) is 0.286. The van der Waals surface area contributed by atoms with Gasteiger partial charge in [-0.15, -0.1) is 0 Å². The van der Waals surface area contributed by atoms with E-state index in [1.54, 1.807) is 7.11 Å². The summed E-state index contributed by atoms with van der Waals surface area (Å²) in [5.41, 5.74) is 5.02. The first kappa shape index (κ1) is 14.8. The zero-order valence-electron chi connectivity index (χ0n) is 13.8. The average molecular weight is 316 g/mol. The van der Waals surface area contributed by atoms with E-state index in [1.807, 2.05) is 12.1 Å². The molecule has 3 heteroatoms. The lowest BCUT2D eigenvalue weighted by Crippen LogP contribution is -2.12. The van der Waals surface area contributed by atoms with Crippen molar-refractivity contribution in [3.8, 4) is 11.8 Å². The fourth-order valence-corrected chi connectivity index (χ4v) is 3.89. The van der Waals surface area contributed by atoms with Crippen LogP contribution < -0.4 is 4.74 Å². The Morgan fingerprint density at radius 2 is 2.04 bits per heavy atom. The molecule has 0 bridgehead atoms. The summed E-state index contributed by atoms with van der Waals surface area (Å²) in [5.74, 6) is 0.838. The standard InChI is InChI=1S/C21H20N2O/c1-24-17-10-11-19-18(12-17)21-16(13-22)8-5-9-20(21)23(19)14-15-6-3-2-4-7-15/h2-4,6-7,10-12,16H,5,8-9,14H2,1H3. The van der Waals surface area contributed by atoms with Crippen molar-refractivity contribution in [3.63, 3.8) is 0 Å². The Morgan fingerprint density at radius 3 is 2.79 bits per heavy atom. The summed E-state index contributed by atoms with van der Waals surface area (Å²) in [6, 6.07) is 19.3. The summed E-state index contributed by atoms with van der Waals surface area (Å²) in [6.45, 7) is 0.844. The molecule has 0 saturated heterocycles. The number of ether oxygens (including phenoxy) is 1. The number of methoxy groups -OCH3 is 1. The molecule has 2 aromatic carbocycles. The highest BCUT2D eigenvalue weighted by molar-refractivity contribution is 5.88. The van der Waals surface area contributed by atoms with Gasteiger partial charge in [-0.25, -0.2) is 0 Å². The lowest BCUT2D eigenvalue weighted by molar-refractivity contribution is 0.415. The second kappa shape index (κ2) is 6.05. The first-order chi connectivity index (χ1) is 11.8. The van der Waals surface area contributed by atoms with Crippen molar-refractivity contribution in [3.05, 3.63) is 65.4 Å². The Kier molecular flexibility index (Phi) is 3.74. The molecule has 0 aliphatic heterocycles. The Hall–Kier alpha value is -2.73. The van der Waals surface area contributed by atoms with Crippen LogP contribution >= 0.6 is 0 Å². The molecule has 1 aromatic heterocycles. The van der Waals surface area contributed by atoms with Crippen molar-refractivity contribution in [1.29, 1.82) is 5.26 Å². The van der Waals surface area contributed by atoms with Gasteiger partial charge in [0.2, 0.25) is 0 Å². The van der Waals surface area contributed by atoms with Gasteiger partial charge in [0, 0.05) is 23.1 Å². The van der Waals surface area contributed by atoms with Gasteiger partial charge in [0.05, 0.1) is 19.1 Å². The minimum Gasteiger partial charge on any atom is -0.497 e. The molecule has 0 amide bonds. The lowest BCUT2D eigenvalue weighted by Gasteiger charge is -2.19. The maximum Gasteiger partial charge on any atom is 0.119 e. The van der Waals surface area contributed by atoms with Crippen molar-refractivity contribution >= 4 is 10.9 Å². The summed E-state index contributed by atoms with van der Waals surface area (Å²) in [7, 11) is 1.69. The topological polar surface area (TPSA) is 38.0 Å². The number of hydrogen-bond donors (Lipinski definition) is 0. The van der Waals surface area contributed by atoms with Gasteiger partial charge in [0.25, 0.3) is 0 Å². The van der Waals surface area contributed by atoms with Gasteiger partial charge in [0.15, 0.2) is 0 Å². The molecule has 24 heavy (non-hydrogen) atoms. The third-order valence-corrected chi connectivity index (χ3v) is 5.02. The number of rotatable bonds is 3. The van der Waals surface area contributed by atoms with Crippen LogP contribution in [-0.2, 0) is 13.0 Å². The van der Waals surface area contributed by atoms with Gasteiger partial charge >= 0.3 is 0 Å². The van der Waals surface area contributed by atoms with Gasteiger partial charge in [-0.3, -0.25) is 0 Å². The van der Waals surface area contributed by atoms with Crippen LogP contribution in [0.4, 0.5) is 0 Å². The second-order valence-electron chi connectivity index (χ2n) is 6.39. The quantitative estimate of drug-likeness (QED) is 0.706. The molecule has 1 aliphatic rings. The Morgan fingerprint density at radius 1 is 1.21 bits per heavy atom. The molecule has 1 atom stereocenters. The van der Waals surface area contributed by atoms with E-state index in [0.29, 0.717) is 0 Å². The van der Waals surface area contributed by atoms with Gasteiger partial charge in [0.1, 0.15) is 5.75 Å². The number of nitriles is 1. The molecule has 0 saturated carbocycles. The molecular formula is C21H20N2O. The Balaban J connectivity index is 1.94. The minimum absolute atomic E-state index is 0.0135. The summed E-state index contributed by atoms with van der Waals surface area (Å²) < 4.78 is 7.81. The highest BCUT2D eigenvalue weighted by Gasteiger charge is 2.27. The van der Waals surface area contributed by atoms with Gasteiger partial charge in [-0.2, -0.15) is 5.26 Å². The van der Waals surface area contributed by atoms with Gasteiger partial charge < -0.3 is 9.30 Å². The summed E-state index contributed by atoms with van der Waals surface area (Å²) in [4.78, 5) is 0. The number of benzene rings is 2. The SMILES string of the molecule is COc1ccc2c(c1)c1c(n2Cc2ccccc2)CCCC1C#N. The predicted molar refractivity (Wildman–Crippen MR) is 95.3 cm³/mol. The van der Waals surface area contributed by atoms with Crippen LogP contribution in [0.3, 0.4) is 0 Å². The van der Waals surface area contributed by atoms with Crippen molar-refractivity contribution in [1.82, 2.24) is 4.57 Å². The molecule has 0 N–H and O–H groups in total. The van der Waals surface area contributed by atoms with Gasteiger partial charge in [-0.1, -0.05) is 30.3 Å². The third-order valence-electron chi connectivity index (χ3n) is 5.02. The van der Waals surface area contributed by atoms with E-state index in [-0.39, 0.29) is 5.92 Å². The Labute approximate surface area is 142 Å². The van der Waals surface area contributed by atoms with E-state index >= 15 is 0 Å². The normalized spacial score (nSPS) is 16.6. The molecule has 1 heterocycles. The molecule has 1 aliphatic carbocycles. The Bertz CT molecular complexity index is 918. The molecule has 3 aromatic rings. The van der Waals surface area contributed by atoms with Crippen LogP contribution in [-0.4, -0.2) is 11.7 Å². The molecule has 120 valence electrons. The lowest BCUT2D eigenvalue weighted by atomic mass is 9.86. The van der Waals surface area contributed by atoms with E-state index < -0.39 is 0 Å². The molecule has 1 unspecified atom stereocenters. The van der Waals surface area contributed by atoms with Crippen molar-refractivity contribution in [2.45, 2.75) is 31.7 Å². The molecule has 0 spiro atoms. The van der Waals surface area contributed by atoms with Crippen LogP contribution in [0.5, 0.6) is 5.75 Å². The van der Waals surface area contributed by atoms with E-state index in [4.69, 9.17) is 4.74 Å². The van der Waals surface area contributed by atoms with E-state index in [9.17, 15) is 5.26 Å². The van der Waals surface area contributed by atoms with Gasteiger partial charge in [-0.05, 0) is 48.6 Å². The summed E-state index contributed by atoms with van der Waals surface area (Å²) in [6.07, 6.45) is 3.07. The summed E-state index contributed by atoms with van der Waals surface area (Å²) in [5, 5.41) is 10.8. The fourth-order valence-electron chi connectivity index (χ4n) is 3.89. The van der Waals surface area contributed by atoms with Crippen LogP contribution in [0.25, 0.3) is 10.9 Å². The zero-order chi connectivity index (χ0) is 16.5. The van der Waals surface area contributed by atoms with E-state index in [1.165, 1.54) is 27.7 Å². The monoisotopic (exact) mass is 316 g/mol. The average Bonchev–Trinajstić information content (AvgIpc) is 2.96. The summed E-state index contributed by atoms with van der Waals surface area (Å²) >= 11 is 0. The zero-order valence-corrected chi connectivity index (χ0v) is 13.8. The molecule has 3 nitrogen and oxygen atoms in total. The molecule has 4 rings (SSSR count). The maximum absolute atomic E-state index is 9.63. The predicted octanol–water partition coefficient (Wildman–Crippen LogP) is 4.64. The molecule has 0 fully saturated rings. The maximum atomic E-state index is 9.63. The van der Waals surface area contributed by atoms with Crippen LogP contribution in [0, 0.1) is 11.3 Å². The van der Waals surface area contributed by atoms with E-state index in [0.717, 1.165) is 31.6 Å². The number of fused-ring (bicyclic) bond motifs is 3. The number of aromatic nitrogens is 1. The van der Waals surface area contributed by atoms with Crippen LogP contribution in [0.1, 0.15) is 35.6 Å². The van der Waals surface area contributed by atoms with Crippen molar-refractivity contribution < 1.29 is 4.74 Å². The highest BCUT2D eigenvalue weighted by atomic mass is 16.5. The number of hydrogen-bond acceptors (Lipinski definition) is 2. The highest BCUT2D eigenvalue weighted by Crippen LogP contribution is 2.40. The first-order valence-electron chi connectivity index (χ1n) is 8.44. The molecule has 0 radical (unpaired) electrons.